The Kier molecular flexibility index (Phi) is 65.0. The monoisotopic (exact) mass is 1410 g/mol. The van der Waals surface area contributed by atoms with Crippen molar-refractivity contribution in [3.63, 3.8) is 0 Å². The Bertz CT molecular complexity index is 1890. The van der Waals surface area contributed by atoms with Crippen LogP contribution < -0.4 is 0 Å². The SMILES string of the molecule is CCC(C)CCCCCCCCCCC(=O)O[C@H](COC(=O)CCCCCCCCCC(C)C)COP(=O)(O)OCC(O)COP(=O)(O)OC[C@@H](COC(=O)CCCCCCCCCCCCC(C)C)OC(=O)CCCCCCCCCCCCCCCCCCCCC(C)C. The first-order valence-corrected chi connectivity index (χ1v) is 42.7. The molecule has 17 nitrogen and oxygen atoms in total. The molecule has 0 aromatic carbocycles. The van der Waals surface area contributed by atoms with Crippen molar-refractivity contribution in [3.05, 3.63) is 0 Å². The molecular formula is C77H150O17P2. The molecule has 0 saturated heterocycles. The fourth-order valence-electron chi connectivity index (χ4n) is 11.7. The van der Waals surface area contributed by atoms with E-state index in [1.807, 2.05) is 0 Å². The van der Waals surface area contributed by atoms with Crippen LogP contribution in [-0.4, -0.2) is 96.7 Å². The second-order valence-electron chi connectivity index (χ2n) is 29.4. The molecule has 6 atom stereocenters. The molecule has 4 unspecified atom stereocenters. The molecule has 0 aromatic heterocycles. The number of hydrogen-bond acceptors (Lipinski definition) is 15. The van der Waals surface area contributed by atoms with Gasteiger partial charge in [-0.3, -0.25) is 37.3 Å². The van der Waals surface area contributed by atoms with Gasteiger partial charge in [0.25, 0.3) is 0 Å². The lowest BCUT2D eigenvalue weighted by Crippen LogP contribution is -2.30. The van der Waals surface area contributed by atoms with Gasteiger partial charge >= 0.3 is 39.5 Å². The van der Waals surface area contributed by atoms with E-state index in [9.17, 15) is 43.2 Å². The average molecular weight is 1410 g/mol. The minimum atomic E-state index is -4.96. The lowest BCUT2D eigenvalue weighted by atomic mass is 9.99. The molecule has 3 N–H and O–H groups in total. The summed E-state index contributed by atoms with van der Waals surface area (Å²) >= 11 is 0. The van der Waals surface area contributed by atoms with E-state index in [0.717, 1.165) is 114 Å². The highest BCUT2D eigenvalue weighted by molar-refractivity contribution is 7.47. The highest BCUT2D eigenvalue weighted by atomic mass is 31.2. The number of aliphatic hydroxyl groups is 1. The van der Waals surface area contributed by atoms with Crippen LogP contribution in [0.15, 0.2) is 0 Å². The van der Waals surface area contributed by atoms with E-state index in [2.05, 4.69) is 55.4 Å². The number of phosphoric ester groups is 2. The molecule has 19 heteroatoms. The first kappa shape index (κ1) is 94.1. The summed E-state index contributed by atoms with van der Waals surface area (Å²) in [5, 5.41) is 10.6. The summed E-state index contributed by atoms with van der Waals surface area (Å²) in [6, 6.07) is 0. The quantitative estimate of drug-likeness (QED) is 0.0222. The molecule has 0 aliphatic carbocycles. The molecule has 0 spiro atoms. The molecule has 0 fully saturated rings. The Balaban J connectivity index is 5.21. The molecule has 0 aromatic rings. The molecule has 0 saturated carbocycles. The molecule has 0 amide bonds. The van der Waals surface area contributed by atoms with E-state index >= 15 is 0 Å². The van der Waals surface area contributed by atoms with E-state index in [1.54, 1.807) is 0 Å². The van der Waals surface area contributed by atoms with Crippen LogP contribution in [0.4, 0.5) is 0 Å². The fourth-order valence-corrected chi connectivity index (χ4v) is 13.3. The standard InChI is InChI=1S/C77H150O17P2/c1-9-70(8)56-48-40-32-26-27-35-44-52-60-77(82)94-73(64-88-75(80)58-50-42-36-28-31-39-47-55-69(6)7)66-92-96(85,86)90-62-71(78)61-89-95(83,84)91-65-72(63-87-74(79)57-49-41-33-24-21-20-23-30-38-46-54-68(4)5)93-76(81)59-51-43-34-25-19-17-15-13-11-10-12-14-16-18-22-29-37-45-53-67(2)3/h67-73,78H,9-66H2,1-8H3,(H,83,84)(H,85,86)/t70?,71?,72-,73-/m1/s1. The number of rotatable bonds is 74. The van der Waals surface area contributed by atoms with Crippen LogP contribution in [0.5, 0.6) is 0 Å². The Labute approximate surface area is 588 Å². The average Bonchev–Trinajstić information content (AvgIpc) is 1.25. The van der Waals surface area contributed by atoms with Gasteiger partial charge in [-0.1, -0.05) is 338 Å². The molecule has 96 heavy (non-hydrogen) atoms. The van der Waals surface area contributed by atoms with Gasteiger partial charge in [0.15, 0.2) is 12.2 Å². The van der Waals surface area contributed by atoms with Gasteiger partial charge in [-0.2, -0.15) is 0 Å². The summed E-state index contributed by atoms with van der Waals surface area (Å²) in [6.45, 7) is 14.2. The predicted octanol–water partition coefficient (Wildman–Crippen LogP) is 22.4. The van der Waals surface area contributed by atoms with Crippen LogP contribution in [0.3, 0.4) is 0 Å². The highest BCUT2D eigenvalue weighted by Gasteiger charge is 2.30. The molecule has 570 valence electrons. The Morgan fingerprint density at radius 1 is 0.292 bits per heavy atom. The maximum Gasteiger partial charge on any atom is 0.472 e. The van der Waals surface area contributed by atoms with Crippen LogP contribution in [-0.2, 0) is 65.4 Å². The zero-order chi connectivity index (χ0) is 71.0. The van der Waals surface area contributed by atoms with Crippen LogP contribution >= 0.6 is 15.6 Å². The van der Waals surface area contributed by atoms with Gasteiger partial charge in [0.2, 0.25) is 0 Å². The third-order valence-electron chi connectivity index (χ3n) is 18.2. The number of unbranched alkanes of at least 4 members (excludes halogenated alkanes) is 39. The topological polar surface area (TPSA) is 237 Å². The number of esters is 4. The van der Waals surface area contributed by atoms with Gasteiger partial charge in [-0.05, 0) is 49.4 Å². The lowest BCUT2D eigenvalue weighted by molar-refractivity contribution is -0.161. The number of phosphoric acid groups is 2. The molecule has 0 radical (unpaired) electrons. The Morgan fingerprint density at radius 2 is 0.500 bits per heavy atom. The number of ether oxygens (including phenoxy) is 4. The maximum atomic E-state index is 13.1. The number of carbonyl (C=O) groups excluding carboxylic acids is 4. The van der Waals surface area contributed by atoms with Crippen molar-refractivity contribution < 1.29 is 80.2 Å². The molecule has 0 aliphatic heterocycles. The summed E-state index contributed by atoms with van der Waals surface area (Å²) in [7, 11) is -9.91. The number of carbonyl (C=O) groups is 4. The van der Waals surface area contributed by atoms with Gasteiger partial charge in [0.05, 0.1) is 26.4 Å². The van der Waals surface area contributed by atoms with Crippen molar-refractivity contribution in [2.24, 2.45) is 23.7 Å². The minimum absolute atomic E-state index is 0.104. The third-order valence-corrected chi connectivity index (χ3v) is 20.1. The van der Waals surface area contributed by atoms with E-state index in [0.29, 0.717) is 31.6 Å². The van der Waals surface area contributed by atoms with Crippen molar-refractivity contribution in [3.8, 4) is 0 Å². The largest absolute Gasteiger partial charge is 0.472 e. The molecular weight excluding hydrogens is 1260 g/mol. The van der Waals surface area contributed by atoms with Crippen molar-refractivity contribution >= 4 is 39.5 Å². The third kappa shape index (κ3) is 69.2. The molecule has 0 aliphatic rings. The zero-order valence-corrected chi connectivity index (χ0v) is 64.8. The molecule has 0 rings (SSSR count). The summed E-state index contributed by atoms with van der Waals surface area (Å²) in [5.41, 5.74) is 0. The van der Waals surface area contributed by atoms with Crippen molar-refractivity contribution in [2.75, 3.05) is 39.6 Å². The Morgan fingerprint density at radius 3 is 0.740 bits per heavy atom. The van der Waals surface area contributed by atoms with E-state index < -0.39 is 97.5 Å². The second kappa shape index (κ2) is 66.3. The lowest BCUT2D eigenvalue weighted by Gasteiger charge is -2.21. The van der Waals surface area contributed by atoms with Gasteiger partial charge in [-0.15, -0.1) is 0 Å². The normalized spacial score (nSPS) is 14.4. The van der Waals surface area contributed by atoms with Gasteiger partial charge in [0.1, 0.15) is 19.3 Å². The first-order valence-electron chi connectivity index (χ1n) is 39.7. The second-order valence-corrected chi connectivity index (χ2v) is 32.3. The predicted molar refractivity (Wildman–Crippen MR) is 391 cm³/mol. The fraction of sp³-hybridized carbons (Fsp3) is 0.948. The van der Waals surface area contributed by atoms with Gasteiger partial charge in [-0.25, -0.2) is 9.13 Å². The van der Waals surface area contributed by atoms with Crippen molar-refractivity contribution in [1.82, 2.24) is 0 Å². The van der Waals surface area contributed by atoms with E-state index in [1.165, 1.54) is 186 Å². The first-order chi connectivity index (χ1) is 46.1. The summed E-state index contributed by atoms with van der Waals surface area (Å²) < 4.78 is 68.5. The summed E-state index contributed by atoms with van der Waals surface area (Å²) in [5.74, 6) is 0.931. The Hall–Kier alpha value is -1.94. The van der Waals surface area contributed by atoms with Crippen molar-refractivity contribution in [1.29, 1.82) is 0 Å². The smallest absolute Gasteiger partial charge is 0.462 e. The van der Waals surface area contributed by atoms with Gasteiger partial charge < -0.3 is 33.8 Å². The van der Waals surface area contributed by atoms with E-state index in [4.69, 9.17) is 37.0 Å². The van der Waals surface area contributed by atoms with E-state index in [-0.39, 0.29) is 25.7 Å². The molecule has 0 heterocycles. The number of aliphatic hydroxyl groups excluding tert-OH is 1. The van der Waals surface area contributed by atoms with Crippen LogP contribution in [0.1, 0.15) is 389 Å². The minimum Gasteiger partial charge on any atom is -0.462 e. The zero-order valence-electron chi connectivity index (χ0n) is 63.0. The van der Waals surface area contributed by atoms with Crippen LogP contribution in [0.25, 0.3) is 0 Å². The van der Waals surface area contributed by atoms with Crippen LogP contribution in [0.2, 0.25) is 0 Å². The molecule has 0 bridgehead atoms. The summed E-state index contributed by atoms with van der Waals surface area (Å²) in [6.07, 6.45) is 51.5. The maximum absolute atomic E-state index is 13.1. The van der Waals surface area contributed by atoms with Crippen LogP contribution in [0, 0.1) is 23.7 Å². The number of hydrogen-bond donors (Lipinski definition) is 3. The highest BCUT2D eigenvalue weighted by Crippen LogP contribution is 2.45. The summed E-state index contributed by atoms with van der Waals surface area (Å²) in [4.78, 5) is 72.8. The van der Waals surface area contributed by atoms with Gasteiger partial charge in [0, 0.05) is 25.7 Å². The van der Waals surface area contributed by atoms with Crippen molar-refractivity contribution in [2.45, 2.75) is 408 Å².